The number of hydroxylamine groups is 1. The van der Waals surface area contributed by atoms with Gasteiger partial charge in [-0.2, -0.15) is 0 Å². The number of aromatic nitrogens is 1. The minimum atomic E-state index is -2.29. The summed E-state index contributed by atoms with van der Waals surface area (Å²) in [5, 5.41) is 0.696. The summed E-state index contributed by atoms with van der Waals surface area (Å²) in [4.78, 5) is 39.7. The number of halogens is 2. The number of ether oxygens (including phenoxy) is 1. The van der Waals surface area contributed by atoms with Crippen molar-refractivity contribution in [2.45, 2.75) is 56.3 Å². The van der Waals surface area contributed by atoms with Gasteiger partial charge in [0, 0.05) is 40.0 Å². The second-order valence-electron chi connectivity index (χ2n) is 10.2. The molecule has 0 radical (unpaired) electrons. The maximum atomic E-state index is 14.2. The number of rotatable bonds is 9. The second kappa shape index (κ2) is 13.5. The zero-order valence-electron chi connectivity index (χ0n) is 22.7. The van der Waals surface area contributed by atoms with Crippen LogP contribution in [0.1, 0.15) is 64.7 Å². The smallest absolute Gasteiger partial charge is 0.255 e. The zero-order chi connectivity index (χ0) is 29.8. The average molecular weight is 634 g/mol. The van der Waals surface area contributed by atoms with Crippen molar-refractivity contribution in [3.63, 3.8) is 0 Å². The van der Waals surface area contributed by atoms with E-state index in [1.165, 1.54) is 7.11 Å². The van der Waals surface area contributed by atoms with Crippen LogP contribution < -0.4 is 14.9 Å². The molecule has 2 unspecified atom stereocenters. The van der Waals surface area contributed by atoms with Crippen LogP contribution in [0, 0.1) is 0 Å². The predicted molar refractivity (Wildman–Crippen MR) is 158 cm³/mol. The van der Waals surface area contributed by atoms with Crippen LogP contribution in [0.5, 0.6) is 5.88 Å². The molecule has 2 amide bonds. The number of hydrogen-bond acceptors (Lipinski definition) is 6. The third-order valence-electron chi connectivity index (χ3n) is 7.70. The van der Waals surface area contributed by atoms with Crippen LogP contribution in [0.3, 0.4) is 0 Å². The number of benzene rings is 2. The molecule has 1 aromatic heterocycles. The Balaban J connectivity index is 1.55. The highest BCUT2D eigenvalue weighted by molar-refractivity contribution is 7.77. The largest absolute Gasteiger partial charge is 0.481 e. The predicted octanol–water partition coefficient (Wildman–Crippen LogP) is 4.96. The number of pyridine rings is 1. The van der Waals surface area contributed by atoms with Gasteiger partial charge in [-0.25, -0.2) is 19.4 Å². The van der Waals surface area contributed by atoms with Gasteiger partial charge in [0.1, 0.15) is 6.61 Å². The van der Waals surface area contributed by atoms with E-state index < -0.39 is 41.2 Å². The van der Waals surface area contributed by atoms with Crippen molar-refractivity contribution in [2.24, 2.45) is 0 Å². The number of carbonyl (C=O) groups excluding carboxylic acids is 2. The van der Waals surface area contributed by atoms with Crippen LogP contribution >= 0.6 is 23.2 Å². The van der Waals surface area contributed by atoms with Crippen LogP contribution in [-0.4, -0.2) is 49.7 Å². The SMILES string of the molecule is COc1ccc(CONC(=O)[C@@H]2c3ccccc3C(=O)N(C3CCCC[C@@H]3NS(=O)O)[C@H]2c2ccc(Cl)cc2Cl)cn1. The Morgan fingerprint density at radius 2 is 1.90 bits per heavy atom. The molecule has 13 heteroatoms. The maximum Gasteiger partial charge on any atom is 0.255 e. The van der Waals surface area contributed by atoms with Gasteiger partial charge in [-0.05, 0) is 53.8 Å². The van der Waals surface area contributed by atoms with Gasteiger partial charge in [-0.3, -0.25) is 19.0 Å². The number of hydrogen-bond donors (Lipinski definition) is 3. The van der Waals surface area contributed by atoms with Crippen LogP contribution in [-0.2, 0) is 27.5 Å². The first-order valence-electron chi connectivity index (χ1n) is 13.4. The normalized spacial score (nSPS) is 22.8. The summed E-state index contributed by atoms with van der Waals surface area (Å²) in [7, 11) is 1.52. The number of fused-ring (bicyclic) bond motifs is 1. The first kappa shape index (κ1) is 30.4. The van der Waals surface area contributed by atoms with E-state index in [0.717, 1.165) is 12.8 Å². The van der Waals surface area contributed by atoms with Crippen LogP contribution in [0.25, 0.3) is 0 Å². The highest BCUT2D eigenvalue weighted by atomic mass is 35.5. The Hall–Kier alpha value is -3.06. The molecule has 2 aromatic carbocycles. The van der Waals surface area contributed by atoms with Crippen molar-refractivity contribution in [3.8, 4) is 5.88 Å². The Morgan fingerprint density at radius 1 is 1.12 bits per heavy atom. The number of nitrogens with one attached hydrogen (secondary N) is 2. The van der Waals surface area contributed by atoms with E-state index in [2.05, 4.69) is 15.2 Å². The van der Waals surface area contributed by atoms with E-state index in [1.54, 1.807) is 65.7 Å². The lowest BCUT2D eigenvalue weighted by Crippen LogP contribution is -2.58. The Labute approximate surface area is 256 Å². The summed E-state index contributed by atoms with van der Waals surface area (Å²) < 4.78 is 29.3. The van der Waals surface area contributed by atoms with E-state index in [1.807, 2.05) is 0 Å². The summed E-state index contributed by atoms with van der Waals surface area (Å²) in [5.74, 6) is -1.25. The van der Waals surface area contributed by atoms with Gasteiger partial charge < -0.3 is 9.64 Å². The van der Waals surface area contributed by atoms with Gasteiger partial charge in [0.05, 0.1) is 19.1 Å². The molecule has 3 N–H and O–H groups in total. The molecular formula is C29H30Cl2N4O6S. The minimum absolute atomic E-state index is 0.0447. The molecule has 3 aromatic rings. The van der Waals surface area contributed by atoms with Crippen LogP contribution in [0.15, 0.2) is 60.8 Å². The van der Waals surface area contributed by atoms with Gasteiger partial charge in [0.25, 0.3) is 11.8 Å². The van der Waals surface area contributed by atoms with Crippen molar-refractivity contribution in [3.05, 3.63) is 93.1 Å². The zero-order valence-corrected chi connectivity index (χ0v) is 25.0. The molecule has 10 nitrogen and oxygen atoms in total. The molecule has 2 aliphatic rings. The van der Waals surface area contributed by atoms with Gasteiger partial charge in [0.2, 0.25) is 17.1 Å². The quantitative estimate of drug-likeness (QED) is 0.224. The highest BCUT2D eigenvalue weighted by Gasteiger charge is 2.49. The van der Waals surface area contributed by atoms with E-state index >= 15 is 0 Å². The third-order valence-corrected chi connectivity index (χ3v) is 8.76. The molecule has 222 valence electrons. The number of methoxy groups -OCH3 is 1. The number of carbonyl (C=O) groups is 2. The fraction of sp³-hybridized carbons (Fsp3) is 0.345. The monoisotopic (exact) mass is 632 g/mol. The van der Waals surface area contributed by atoms with E-state index in [9.17, 15) is 18.4 Å². The van der Waals surface area contributed by atoms with Crippen molar-refractivity contribution in [1.29, 1.82) is 0 Å². The van der Waals surface area contributed by atoms with E-state index in [4.69, 9.17) is 32.8 Å². The maximum absolute atomic E-state index is 14.2. The van der Waals surface area contributed by atoms with Crippen molar-refractivity contribution in [1.82, 2.24) is 20.1 Å². The molecule has 1 fully saturated rings. The summed E-state index contributed by atoms with van der Waals surface area (Å²) in [6, 6.07) is 13.5. The molecule has 5 rings (SSSR count). The van der Waals surface area contributed by atoms with Crippen LogP contribution in [0.2, 0.25) is 10.0 Å². The fourth-order valence-corrected chi connectivity index (χ4v) is 6.91. The summed E-state index contributed by atoms with van der Waals surface area (Å²) >= 11 is 10.7. The standard InChI is InChI=1S/C29H30Cl2N4O6S/c1-40-25-13-10-17(15-32-25)16-41-33-28(36)26-19-6-2-3-7-20(19)29(37)35(24-9-5-4-8-23(24)34-42(38)39)27(26)21-12-11-18(30)14-22(21)31/h2-3,6-7,10-15,23-24,26-27,34H,4-5,8-9,16H2,1H3,(H,33,36)(H,38,39)/t23-,24?,26+,27-/m0/s1. The Bertz CT molecular complexity index is 1480. The fourth-order valence-electron chi connectivity index (χ4n) is 5.85. The summed E-state index contributed by atoms with van der Waals surface area (Å²) in [6.07, 6.45) is 4.37. The average Bonchev–Trinajstić information content (AvgIpc) is 2.98. The Kier molecular flexibility index (Phi) is 9.77. The molecule has 1 saturated carbocycles. The lowest BCUT2D eigenvalue weighted by molar-refractivity contribution is -0.138. The van der Waals surface area contributed by atoms with Crippen molar-refractivity contribution in [2.75, 3.05) is 7.11 Å². The summed E-state index contributed by atoms with van der Waals surface area (Å²) in [6.45, 7) is 0.0447. The molecule has 42 heavy (non-hydrogen) atoms. The van der Waals surface area contributed by atoms with E-state index in [-0.39, 0.29) is 12.5 Å². The summed E-state index contributed by atoms with van der Waals surface area (Å²) in [5.41, 5.74) is 4.70. The van der Waals surface area contributed by atoms with E-state index in [0.29, 0.717) is 51.0 Å². The number of amides is 2. The number of nitrogens with zero attached hydrogens (tertiary/aromatic N) is 2. The van der Waals surface area contributed by atoms with Crippen molar-refractivity contribution < 1.29 is 27.9 Å². The molecule has 2 heterocycles. The first-order valence-corrected chi connectivity index (χ1v) is 15.3. The lowest BCUT2D eigenvalue weighted by Gasteiger charge is -2.49. The third kappa shape index (κ3) is 6.46. The van der Waals surface area contributed by atoms with Gasteiger partial charge in [-0.15, -0.1) is 0 Å². The molecular weight excluding hydrogens is 603 g/mol. The first-order chi connectivity index (χ1) is 20.3. The van der Waals surface area contributed by atoms with Gasteiger partial charge in [0.15, 0.2) is 0 Å². The molecule has 5 atom stereocenters. The lowest BCUT2D eigenvalue weighted by atomic mass is 9.76. The molecule has 0 bridgehead atoms. The van der Waals surface area contributed by atoms with Crippen LogP contribution in [0.4, 0.5) is 0 Å². The molecule has 1 aliphatic carbocycles. The Morgan fingerprint density at radius 3 is 2.62 bits per heavy atom. The molecule has 0 saturated heterocycles. The minimum Gasteiger partial charge on any atom is -0.481 e. The van der Waals surface area contributed by atoms with Gasteiger partial charge in [-0.1, -0.05) is 60.3 Å². The van der Waals surface area contributed by atoms with Gasteiger partial charge >= 0.3 is 0 Å². The second-order valence-corrected chi connectivity index (χ2v) is 11.8. The highest BCUT2D eigenvalue weighted by Crippen LogP contribution is 2.47. The topological polar surface area (TPSA) is 130 Å². The molecule has 1 aliphatic heterocycles. The molecule has 0 spiro atoms. The van der Waals surface area contributed by atoms with Crippen molar-refractivity contribution >= 4 is 46.3 Å².